The maximum absolute atomic E-state index is 13.2. The first-order valence-corrected chi connectivity index (χ1v) is 14.5. The Balaban J connectivity index is 1.83. The summed E-state index contributed by atoms with van der Waals surface area (Å²) >= 11 is 0. The van der Waals surface area contributed by atoms with E-state index in [9.17, 15) is 21.6 Å². The SMILES string of the molecule is CN(C(=O)Cc1cccc(N(S(C)(=O)=O)S(C)(=O)=O)c1)[C@H](CN1CCCC1)c1ccccc1. The van der Waals surface area contributed by atoms with E-state index in [0.29, 0.717) is 9.27 Å². The zero-order valence-corrected chi connectivity index (χ0v) is 20.8. The van der Waals surface area contributed by atoms with Gasteiger partial charge in [0.2, 0.25) is 26.0 Å². The van der Waals surface area contributed by atoms with Gasteiger partial charge in [-0.25, -0.2) is 16.8 Å². The number of sulfonamides is 2. The van der Waals surface area contributed by atoms with E-state index in [1.807, 2.05) is 30.3 Å². The molecule has 2 aromatic carbocycles. The molecule has 1 saturated heterocycles. The zero-order valence-electron chi connectivity index (χ0n) is 19.2. The van der Waals surface area contributed by atoms with Crippen LogP contribution in [0.15, 0.2) is 54.6 Å². The molecule has 180 valence electrons. The highest BCUT2D eigenvalue weighted by Crippen LogP contribution is 2.25. The fourth-order valence-corrected chi connectivity index (χ4v) is 7.18. The molecule has 0 saturated carbocycles. The van der Waals surface area contributed by atoms with Gasteiger partial charge in [0.05, 0.1) is 30.7 Å². The molecule has 0 N–H and O–H groups in total. The van der Waals surface area contributed by atoms with Gasteiger partial charge in [0, 0.05) is 13.6 Å². The number of amides is 1. The Kier molecular flexibility index (Phi) is 7.81. The average Bonchev–Trinajstić information content (AvgIpc) is 3.23. The van der Waals surface area contributed by atoms with Crippen molar-refractivity contribution >= 4 is 31.6 Å². The first kappa shape index (κ1) is 25.2. The highest BCUT2D eigenvalue weighted by Gasteiger charge is 2.28. The Morgan fingerprint density at radius 2 is 1.55 bits per heavy atom. The minimum atomic E-state index is -4.06. The third kappa shape index (κ3) is 6.55. The number of likely N-dealkylation sites (N-methyl/N-ethyl adjacent to an activating group) is 1. The van der Waals surface area contributed by atoms with Gasteiger partial charge in [-0.1, -0.05) is 42.5 Å². The molecule has 2 aromatic rings. The summed E-state index contributed by atoms with van der Waals surface area (Å²) in [6.07, 6.45) is 4.01. The molecular weight excluding hydrogens is 462 g/mol. The molecule has 0 aromatic heterocycles. The summed E-state index contributed by atoms with van der Waals surface area (Å²) in [6, 6.07) is 15.9. The van der Waals surface area contributed by atoms with Crippen molar-refractivity contribution in [3.05, 3.63) is 65.7 Å². The van der Waals surface area contributed by atoms with Crippen LogP contribution in [0, 0.1) is 0 Å². The summed E-state index contributed by atoms with van der Waals surface area (Å²) in [4.78, 5) is 17.3. The summed E-state index contributed by atoms with van der Waals surface area (Å²) in [5.74, 6) is -0.134. The van der Waals surface area contributed by atoms with Crippen LogP contribution >= 0.6 is 0 Å². The summed E-state index contributed by atoms with van der Waals surface area (Å²) in [5.41, 5.74) is 1.58. The molecule has 1 heterocycles. The molecule has 0 radical (unpaired) electrons. The minimum absolute atomic E-state index is 0.00960. The van der Waals surface area contributed by atoms with Crippen molar-refractivity contribution in [2.75, 3.05) is 42.9 Å². The predicted molar refractivity (Wildman–Crippen MR) is 130 cm³/mol. The van der Waals surface area contributed by atoms with Crippen LogP contribution < -0.4 is 3.71 Å². The number of hydrogen-bond acceptors (Lipinski definition) is 6. The van der Waals surface area contributed by atoms with Gasteiger partial charge in [0.15, 0.2) is 0 Å². The van der Waals surface area contributed by atoms with Crippen molar-refractivity contribution in [2.45, 2.75) is 25.3 Å². The van der Waals surface area contributed by atoms with E-state index in [1.165, 1.54) is 12.1 Å². The molecule has 3 rings (SSSR count). The van der Waals surface area contributed by atoms with Gasteiger partial charge in [-0.3, -0.25) is 4.79 Å². The molecule has 10 heteroatoms. The Bertz CT molecular complexity index is 1150. The van der Waals surface area contributed by atoms with Crippen molar-refractivity contribution < 1.29 is 21.6 Å². The lowest BCUT2D eigenvalue weighted by molar-refractivity contribution is -0.131. The van der Waals surface area contributed by atoms with Crippen LogP contribution in [0.4, 0.5) is 5.69 Å². The second-order valence-corrected chi connectivity index (χ2v) is 12.4. The van der Waals surface area contributed by atoms with Gasteiger partial charge < -0.3 is 9.80 Å². The highest BCUT2D eigenvalue weighted by atomic mass is 32.3. The molecule has 0 spiro atoms. The standard InChI is InChI=1S/C23H31N3O5S2/c1-24(22(18-25-14-7-8-15-25)20-11-5-4-6-12-20)23(27)17-19-10-9-13-21(16-19)26(32(2,28)29)33(3,30)31/h4-6,9-13,16,22H,7-8,14-15,17-18H2,1-3H3/t22-/m1/s1. The quantitative estimate of drug-likeness (QED) is 0.532. The highest BCUT2D eigenvalue weighted by molar-refractivity contribution is 8.09. The topological polar surface area (TPSA) is 95.1 Å². The van der Waals surface area contributed by atoms with E-state index in [1.54, 1.807) is 24.1 Å². The second-order valence-electron chi connectivity index (χ2n) is 8.51. The molecule has 0 unspecified atom stereocenters. The number of benzene rings is 2. The minimum Gasteiger partial charge on any atom is -0.337 e. The summed E-state index contributed by atoms with van der Waals surface area (Å²) in [6.45, 7) is 2.77. The van der Waals surface area contributed by atoms with Gasteiger partial charge in [-0.2, -0.15) is 3.71 Å². The summed E-state index contributed by atoms with van der Waals surface area (Å²) in [7, 11) is -6.33. The van der Waals surface area contributed by atoms with Gasteiger partial charge >= 0.3 is 0 Å². The van der Waals surface area contributed by atoms with E-state index in [0.717, 1.165) is 50.6 Å². The third-order valence-corrected chi connectivity index (χ3v) is 9.01. The lowest BCUT2D eigenvalue weighted by atomic mass is 10.0. The van der Waals surface area contributed by atoms with Crippen LogP contribution in [0.5, 0.6) is 0 Å². The fraction of sp³-hybridized carbons (Fsp3) is 0.435. The third-order valence-electron chi connectivity index (χ3n) is 5.75. The van der Waals surface area contributed by atoms with Crippen LogP contribution in [0.1, 0.15) is 30.0 Å². The summed E-state index contributed by atoms with van der Waals surface area (Å²) < 4.78 is 48.8. The van der Waals surface area contributed by atoms with E-state index < -0.39 is 20.0 Å². The Labute approximate surface area is 196 Å². The number of carbonyl (C=O) groups excluding carboxylic acids is 1. The van der Waals surface area contributed by atoms with E-state index in [-0.39, 0.29) is 24.1 Å². The van der Waals surface area contributed by atoms with E-state index >= 15 is 0 Å². The van der Waals surface area contributed by atoms with Crippen molar-refractivity contribution in [3.8, 4) is 0 Å². The van der Waals surface area contributed by atoms with Crippen molar-refractivity contribution in [1.82, 2.24) is 9.80 Å². The molecule has 1 amide bonds. The lowest BCUT2D eigenvalue weighted by Gasteiger charge is -2.32. The largest absolute Gasteiger partial charge is 0.337 e. The van der Waals surface area contributed by atoms with Gasteiger partial charge in [0.1, 0.15) is 0 Å². The van der Waals surface area contributed by atoms with Crippen LogP contribution in [-0.4, -0.2) is 71.7 Å². The average molecular weight is 494 g/mol. The van der Waals surface area contributed by atoms with Crippen molar-refractivity contribution in [2.24, 2.45) is 0 Å². The molecule has 8 nitrogen and oxygen atoms in total. The van der Waals surface area contributed by atoms with Crippen LogP contribution in [0.3, 0.4) is 0 Å². The zero-order chi connectivity index (χ0) is 24.2. The first-order chi connectivity index (χ1) is 15.5. The Morgan fingerprint density at radius 1 is 0.939 bits per heavy atom. The Morgan fingerprint density at radius 3 is 2.12 bits per heavy atom. The molecule has 0 aliphatic carbocycles. The van der Waals surface area contributed by atoms with Gasteiger partial charge in [0.25, 0.3) is 0 Å². The first-order valence-electron chi connectivity index (χ1n) is 10.8. The number of anilines is 1. The maximum Gasteiger partial charge on any atom is 0.245 e. The second kappa shape index (κ2) is 10.2. The number of hydrogen-bond donors (Lipinski definition) is 0. The van der Waals surface area contributed by atoms with Crippen molar-refractivity contribution in [3.63, 3.8) is 0 Å². The number of likely N-dealkylation sites (tertiary alicyclic amines) is 1. The number of nitrogens with zero attached hydrogens (tertiary/aromatic N) is 3. The predicted octanol–water partition coefficient (Wildman–Crippen LogP) is 2.25. The Hall–Kier alpha value is -2.43. The lowest BCUT2D eigenvalue weighted by Crippen LogP contribution is -2.39. The van der Waals surface area contributed by atoms with Gasteiger partial charge in [-0.15, -0.1) is 0 Å². The van der Waals surface area contributed by atoms with E-state index in [2.05, 4.69) is 4.90 Å². The molecule has 0 bridgehead atoms. The van der Waals surface area contributed by atoms with Crippen LogP contribution in [-0.2, 0) is 31.3 Å². The molecule has 1 aliphatic heterocycles. The number of carbonyl (C=O) groups is 1. The smallest absolute Gasteiger partial charge is 0.245 e. The monoisotopic (exact) mass is 493 g/mol. The van der Waals surface area contributed by atoms with Crippen LogP contribution in [0.25, 0.3) is 0 Å². The normalized spacial score (nSPS) is 15.8. The van der Waals surface area contributed by atoms with Crippen LogP contribution in [0.2, 0.25) is 0 Å². The molecular formula is C23H31N3O5S2. The molecule has 33 heavy (non-hydrogen) atoms. The molecule has 1 atom stereocenters. The van der Waals surface area contributed by atoms with Crippen molar-refractivity contribution in [1.29, 1.82) is 0 Å². The van der Waals surface area contributed by atoms with Gasteiger partial charge in [-0.05, 0) is 49.2 Å². The maximum atomic E-state index is 13.2. The molecule has 1 fully saturated rings. The molecule has 1 aliphatic rings. The fourth-order valence-electron chi connectivity index (χ4n) is 4.22. The summed E-state index contributed by atoms with van der Waals surface area (Å²) in [5, 5.41) is 0. The van der Waals surface area contributed by atoms with E-state index in [4.69, 9.17) is 0 Å². The number of rotatable bonds is 9.